The SMILES string of the molecule is Cc1cccc(C(N)Cc2ccc(Br)s2)c1. The largest absolute Gasteiger partial charge is 0.324 e. The molecule has 2 rings (SSSR count). The monoisotopic (exact) mass is 295 g/mol. The van der Waals surface area contributed by atoms with E-state index < -0.39 is 0 Å². The van der Waals surface area contributed by atoms with Crippen molar-refractivity contribution in [2.45, 2.75) is 19.4 Å². The van der Waals surface area contributed by atoms with Gasteiger partial charge in [-0.2, -0.15) is 0 Å². The number of hydrogen-bond acceptors (Lipinski definition) is 2. The van der Waals surface area contributed by atoms with Crippen molar-refractivity contribution in [3.8, 4) is 0 Å². The van der Waals surface area contributed by atoms with Gasteiger partial charge in [-0.05, 0) is 40.5 Å². The number of rotatable bonds is 3. The molecule has 0 amide bonds. The molecule has 0 aliphatic carbocycles. The minimum atomic E-state index is 0.0884. The summed E-state index contributed by atoms with van der Waals surface area (Å²) in [6.45, 7) is 2.10. The van der Waals surface area contributed by atoms with Gasteiger partial charge in [-0.3, -0.25) is 0 Å². The first kappa shape index (κ1) is 11.8. The van der Waals surface area contributed by atoms with E-state index in [0.717, 1.165) is 6.42 Å². The maximum Gasteiger partial charge on any atom is 0.0701 e. The highest BCUT2D eigenvalue weighted by Crippen LogP contribution is 2.26. The van der Waals surface area contributed by atoms with Crippen LogP contribution in [0.25, 0.3) is 0 Å². The summed E-state index contributed by atoms with van der Waals surface area (Å²) in [5, 5.41) is 0. The first-order valence-electron chi connectivity index (χ1n) is 5.21. The second-order valence-corrected chi connectivity index (χ2v) is 6.48. The summed E-state index contributed by atoms with van der Waals surface area (Å²) in [6, 6.07) is 12.7. The predicted molar refractivity (Wildman–Crippen MR) is 73.8 cm³/mol. The molecule has 0 saturated carbocycles. The van der Waals surface area contributed by atoms with Crippen LogP contribution >= 0.6 is 27.3 Å². The summed E-state index contributed by atoms with van der Waals surface area (Å²) < 4.78 is 1.17. The van der Waals surface area contributed by atoms with Crippen LogP contribution in [0.1, 0.15) is 22.0 Å². The minimum absolute atomic E-state index is 0.0884. The van der Waals surface area contributed by atoms with Gasteiger partial charge in [0.15, 0.2) is 0 Å². The van der Waals surface area contributed by atoms with E-state index in [-0.39, 0.29) is 6.04 Å². The fraction of sp³-hybridized carbons (Fsp3) is 0.231. The predicted octanol–water partition coefficient (Wildman–Crippen LogP) is 4.06. The Morgan fingerprint density at radius 3 is 2.75 bits per heavy atom. The third kappa shape index (κ3) is 2.94. The lowest BCUT2D eigenvalue weighted by Crippen LogP contribution is -2.12. The Morgan fingerprint density at radius 2 is 2.12 bits per heavy atom. The van der Waals surface area contributed by atoms with Gasteiger partial charge in [0.05, 0.1) is 3.79 Å². The molecule has 1 nitrogen and oxygen atoms in total. The van der Waals surface area contributed by atoms with Gasteiger partial charge in [0.2, 0.25) is 0 Å². The molecule has 0 fully saturated rings. The molecule has 2 N–H and O–H groups in total. The molecule has 3 heteroatoms. The zero-order chi connectivity index (χ0) is 11.5. The second-order valence-electron chi connectivity index (χ2n) is 3.93. The first-order valence-corrected chi connectivity index (χ1v) is 6.82. The molecule has 1 unspecified atom stereocenters. The standard InChI is InChI=1S/C13H14BrNS/c1-9-3-2-4-10(7-9)12(15)8-11-5-6-13(14)16-11/h2-7,12H,8,15H2,1H3. The molecule has 84 valence electrons. The molecule has 1 heterocycles. The Kier molecular flexibility index (Phi) is 3.79. The molecular formula is C13H14BrNS. The lowest BCUT2D eigenvalue weighted by atomic mass is 10.0. The normalized spacial score (nSPS) is 12.7. The first-order chi connectivity index (χ1) is 7.65. The van der Waals surface area contributed by atoms with Crippen LogP contribution in [0.4, 0.5) is 0 Å². The fourth-order valence-electron chi connectivity index (χ4n) is 1.70. The van der Waals surface area contributed by atoms with Gasteiger partial charge in [0, 0.05) is 17.3 Å². The zero-order valence-electron chi connectivity index (χ0n) is 9.11. The summed E-state index contributed by atoms with van der Waals surface area (Å²) in [7, 11) is 0. The fourth-order valence-corrected chi connectivity index (χ4v) is 3.24. The molecular weight excluding hydrogens is 282 g/mol. The lowest BCUT2D eigenvalue weighted by molar-refractivity contribution is 0.729. The molecule has 0 radical (unpaired) electrons. The van der Waals surface area contributed by atoms with Crippen LogP contribution in [0.15, 0.2) is 40.2 Å². The third-order valence-corrected chi connectivity index (χ3v) is 4.17. The number of halogens is 1. The number of aryl methyl sites for hydroxylation is 1. The van der Waals surface area contributed by atoms with Crippen molar-refractivity contribution in [1.82, 2.24) is 0 Å². The van der Waals surface area contributed by atoms with E-state index in [1.54, 1.807) is 11.3 Å². The molecule has 0 aliphatic rings. The van der Waals surface area contributed by atoms with E-state index in [2.05, 4.69) is 59.3 Å². The second kappa shape index (κ2) is 5.13. The van der Waals surface area contributed by atoms with Crippen molar-refractivity contribution in [3.63, 3.8) is 0 Å². The Morgan fingerprint density at radius 1 is 1.31 bits per heavy atom. The third-order valence-electron chi connectivity index (χ3n) is 2.52. The van der Waals surface area contributed by atoms with Crippen molar-refractivity contribution in [2.24, 2.45) is 5.73 Å². The van der Waals surface area contributed by atoms with Crippen molar-refractivity contribution < 1.29 is 0 Å². The minimum Gasteiger partial charge on any atom is -0.324 e. The average molecular weight is 296 g/mol. The molecule has 0 aliphatic heterocycles. The molecule has 1 aromatic carbocycles. The Bertz CT molecular complexity index is 478. The van der Waals surface area contributed by atoms with Crippen LogP contribution in [-0.4, -0.2) is 0 Å². The Hall–Kier alpha value is -0.640. The molecule has 0 spiro atoms. The van der Waals surface area contributed by atoms with Crippen LogP contribution in [0.5, 0.6) is 0 Å². The summed E-state index contributed by atoms with van der Waals surface area (Å²) in [4.78, 5) is 1.32. The number of thiophene rings is 1. The van der Waals surface area contributed by atoms with E-state index in [0.29, 0.717) is 0 Å². The summed E-state index contributed by atoms with van der Waals surface area (Å²) >= 11 is 5.22. The van der Waals surface area contributed by atoms with Crippen LogP contribution in [0.3, 0.4) is 0 Å². The maximum absolute atomic E-state index is 6.20. The van der Waals surface area contributed by atoms with E-state index in [1.165, 1.54) is 19.8 Å². The van der Waals surface area contributed by atoms with E-state index in [1.807, 2.05) is 0 Å². The van der Waals surface area contributed by atoms with E-state index in [4.69, 9.17) is 5.73 Å². The Balaban J connectivity index is 2.11. The smallest absolute Gasteiger partial charge is 0.0701 e. The number of benzene rings is 1. The highest BCUT2D eigenvalue weighted by atomic mass is 79.9. The topological polar surface area (TPSA) is 26.0 Å². The van der Waals surface area contributed by atoms with Crippen molar-refractivity contribution >= 4 is 27.3 Å². The van der Waals surface area contributed by atoms with Crippen molar-refractivity contribution in [1.29, 1.82) is 0 Å². The molecule has 1 atom stereocenters. The van der Waals surface area contributed by atoms with E-state index in [9.17, 15) is 0 Å². The lowest BCUT2D eigenvalue weighted by Gasteiger charge is -2.11. The number of hydrogen-bond donors (Lipinski definition) is 1. The van der Waals surface area contributed by atoms with Crippen LogP contribution < -0.4 is 5.73 Å². The summed E-state index contributed by atoms with van der Waals surface area (Å²) in [6.07, 6.45) is 0.903. The molecule has 0 bridgehead atoms. The maximum atomic E-state index is 6.20. The highest BCUT2D eigenvalue weighted by Gasteiger charge is 2.08. The number of nitrogens with two attached hydrogens (primary N) is 1. The van der Waals surface area contributed by atoms with Crippen LogP contribution in [0.2, 0.25) is 0 Å². The van der Waals surface area contributed by atoms with Crippen molar-refractivity contribution in [3.05, 3.63) is 56.2 Å². The van der Waals surface area contributed by atoms with Crippen LogP contribution in [-0.2, 0) is 6.42 Å². The molecule has 2 aromatic rings. The molecule has 16 heavy (non-hydrogen) atoms. The van der Waals surface area contributed by atoms with Gasteiger partial charge < -0.3 is 5.73 Å². The quantitative estimate of drug-likeness (QED) is 0.908. The van der Waals surface area contributed by atoms with Gasteiger partial charge in [-0.15, -0.1) is 11.3 Å². The van der Waals surface area contributed by atoms with Gasteiger partial charge in [-0.25, -0.2) is 0 Å². The molecule has 0 saturated heterocycles. The molecule has 1 aromatic heterocycles. The average Bonchev–Trinajstić information content (AvgIpc) is 2.64. The van der Waals surface area contributed by atoms with Crippen LogP contribution in [0, 0.1) is 6.92 Å². The summed E-state index contributed by atoms with van der Waals surface area (Å²) in [5.41, 5.74) is 8.67. The zero-order valence-corrected chi connectivity index (χ0v) is 11.5. The van der Waals surface area contributed by atoms with Crippen molar-refractivity contribution in [2.75, 3.05) is 0 Å². The van der Waals surface area contributed by atoms with Gasteiger partial charge >= 0.3 is 0 Å². The van der Waals surface area contributed by atoms with Gasteiger partial charge in [0.25, 0.3) is 0 Å². The van der Waals surface area contributed by atoms with Gasteiger partial charge in [-0.1, -0.05) is 29.8 Å². The van der Waals surface area contributed by atoms with E-state index >= 15 is 0 Å². The highest BCUT2D eigenvalue weighted by molar-refractivity contribution is 9.11. The van der Waals surface area contributed by atoms with Gasteiger partial charge in [0.1, 0.15) is 0 Å². The Labute approximate surface area is 108 Å². The summed E-state index contributed by atoms with van der Waals surface area (Å²) in [5.74, 6) is 0.